The van der Waals surface area contributed by atoms with Crippen LogP contribution in [-0.2, 0) is 4.79 Å². The molecule has 0 fully saturated rings. The summed E-state index contributed by atoms with van der Waals surface area (Å²) in [6.07, 6.45) is 0.371. The zero-order valence-electron chi connectivity index (χ0n) is 14.7. The molecule has 134 valence electrons. The minimum atomic E-state index is -0.133. The molecule has 2 N–H and O–H groups in total. The lowest BCUT2D eigenvalue weighted by Gasteiger charge is -2.10. The van der Waals surface area contributed by atoms with Crippen molar-refractivity contribution in [3.8, 4) is 11.4 Å². The van der Waals surface area contributed by atoms with Crippen molar-refractivity contribution in [2.24, 2.45) is 0 Å². The predicted molar refractivity (Wildman–Crippen MR) is 105 cm³/mol. The summed E-state index contributed by atoms with van der Waals surface area (Å²) in [6.45, 7) is 3.71. The molecule has 0 aliphatic carbocycles. The maximum Gasteiger partial charge on any atom is 0.225 e. The Hall–Kier alpha value is -3.00. The molecule has 0 saturated carbocycles. The molecule has 1 heterocycles. The number of carbonyl (C=O) groups is 1. The number of aryl methyl sites for hydroxylation is 1. The number of ether oxygens (including phenoxy) is 1. The van der Waals surface area contributed by atoms with E-state index >= 15 is 0 Å². The highest BCUT2D eigenvalue weighted by Crippen LogP contribution is 2.22. The minimum Gasteiger partial charge on any atom is -0.497 e. The van der Waals surface area contributed by atoms with Crippen molar-refractivity contribution in [3.63, 3.8) is 0 Å². The van der Waals surface area contributed by atoms with Crippen LogP contribution >= 0.6 is 12.2 Å². The van der Waals surface area contributed by atoms with Crippen LogP contribution in [0.5, 0.6) is 5.75 Å². The fourth-order valence-electron chi connectivity index (χ4n) is 2.40. The van der Waals surface area contributed by atoms with Crippen LogP contribution in [0.15, 0.2) is 36.4 Å². The van der Waals surface area contributed by atoms with E-state index in [4.69, 9.17) is 17.0 Å². The van der Waals surface area contributed by atoms with Gasteiger partial charge in [0.1, 0.15) is 16.8 Å². The van der Waals surface area contributed by atoms with Gasteiger partial charge in [0.25, 0.3) is 0 Å². The van der Waals surface area contributed by atoms with E-state index in [2.05, 4.69) is 20.8 Å². The van der Waals surface area contributed by atoms with Crippen LogP contribution in [-0.4, -0.2) is 33.1 Å². The molecule has 0 radical (unpaired) electrons. The van der Waals surface area contributed by atoms with Gasteiger partial charge in [0, 0.05) is 12.1 Å². The van der Waals surface area contributed by atoms with Crippen LogP contribution in [0.3, 0.4) is 0 Å². The molecular weight excluding hydrogens is 350 g/mol. The standard InChI is InChI=1S/C18H19N5O2S/c1-4-17(24)20-18(26)19-14-10-16-15(9-11(14)2)21-23(22-16)12-5-7-13(25-3)8-6-12/h5-10H,4H2,1-3H3,(H2,19,20,24,26). The summed E-state index contributed by atoms with van der Waals surface area (Å²) in [7, 11) is 1.63. The number of nitrogens with zero attached hydrogens (tertiary/aromatic N) is 3. The zero-order chi connectivity index (χ0) is 18.7. The fourth-order valence-corrected chi connectivity index (χ4v) is 2.63. The van der Waals surface area contributed by atoms with Crippen molar-refractivity contribution in [2.75, 3.05) is 12.4 Å². The first-order valence-corrected chi connectivity index (χ1v) is 8.54. The van der Waals surface area contributed by atoms with Crippen molar-refractivity contribution in [1.82, 2.24) is 20.3 Å². The maximum absolute atomic E-state index is 11.4. The number of nitrogens with one attached hydrogen (secondary N) is 2. The van der Waals surface area contributed by atoms with Gasteiger partial charge in [-0.3, -0.25) is 4.79 Å². The van der Waals surface area contributed by atoms with Gasteiger partial charge in [-0.05, 0) is 61.1 Å². The van der Waals surface area contributed by atoms with Gasteiger partial charge in [-0.15, -0.1) is 10.2 Å². The van der Waals surface area contributed by atoms with Gasteiger partial charge in [0.2, 0.25) is 5.91 Å². The molecule has 0 bridgehead atoms. The third kappa shape index (κ3) is 3.80. The average Bonchev–Trinajstić information content (AvgIpc) is 3.04. The zero-order valence-corrected chi connectivity index (χ0v) is 15.6. The van der Waals surface area contributed by atoms with E-state index in [1.807, 2.05) is 43.3 Å². The van der Waals surface area contributed by atoms with Gasteiger partial charge < -0.3 is 15.4 Å². The van der Waals surface area contributed by atoms with Gasteiger partial charge in [0.15, 0.2) is 5.11 Å². The van der Waals surface area contributed by atoms with Crippen LogP contribution in [0, 0.1) is 6.92 Å². The summed E-state index contributed by atoms with van der Waals surface area (Å²) >= 11 is 5.17. The highest BCUT2D eigenvalue weighted by atomic mass is 32.1. The van der Waals surface area contributed by atoms with Gasteiger partial charge in [-0.1, -0.05) is 6.92 Å². The number of methoxy groups -OCH3 is 1. The van der Waals surface area contributed by atoms with E-state index in [9.17, 15) is 4.79 Å². The molecule has 0 unspecified atom stereocenters. The van der Waals surface area contributed by atoms with Crippen molar-refractivity contribution in [3.05, 3.63) is 42.0 Å². The highest BCUT2D eigenvalue weighted by molar-refractivity contribution is 7.80. The third-order valence-corrected chi connectivity index (χ3v) is 4.06. The number of anilines is 1. The SMILES string of the molecule is CCC(=O)NC(=S)Nc1cc2nn(-c3ccc(OC)cc3)nc2cc1C. The number of rotatable bonds is 4. The molecule has 7 nitrogen and oxygen atoms in total. The minimum absolute atomic E-state index is 0.133. The number of amides is 1. The first kappa shape index (κ1) is 17.8. The lowest BCUT2D eigenvalue weighted by molar-refractivity contribution is -0.119. The molecule has 1 amide bonds. The summed E-state index contributed by atoms with van der Waals surface area (Å²) < 4.78 is 5.17. The second-order valence-corrected chi connectivity index (χ2v) is 6.11. The van der Waals surface area contributed by atoms with E-state index < -0.39 is 0 Å². The normalized spacial score (nSPS) is 10.6. The molecule has 0 aliphatic rings. The lowest BCUT2D eigenvalue weighted by atomic mass is 10.2. The highest BCUT2D eigenvalue weighted by Gasteiger charge is 2.10. The van der Waals surface area contributed by atoms with Crippen molar-refractivity contribution in [1.29, 1.82) is 0 Å². The molecule has 0 spiro atoms. The second-order valence-electron chi connectivity index (χ2n) is 5.70. The molecule has 0 saturated heterocycles. The Morgan fingerprint density at radius 3 is 2.46 bits per heavy atom. The Balaban J connectivity index is 1.88. The quantitative estimate of drug-likeness (QED) is 0.688. The molecule has 3 rings (SSSR count). The first-order valence-electron chi connectivity index (χ1n) is 8.13. The topological polar surface area (TPSA) is 81.1 Å². The van der Waals surface area contributed by atoms with Crippen LogP contribution in [0.25, 0.3) is 16.7 Å². The summed E-state index contributed by atoms with van der Waals surface area (Å²) in [5, 5.41) is 15.0. The average molecular weight is 369 g/mol. The number of thiocarbonyl (C=S) groups is 1. The van der Waals surface area contributed by atoms with Crippen molar-refractivity contribution < 1.29 is 9.53 Å². The van der Waals surface area contributed by atoms with Crippen molar-refractivity contribution >= 4 is 40.0 Å². The van der Waals surface area contributed by atoms with Crippen LogP contribution in [0.1, 0.15) is 18.9 Å². The number of aromatic nitrogens is 3. The molecule has 3 aromatic rings. The second kappa shape index (κ2) is 7.49. The summed E-state index contributed by atoms with van der Waals surface area (Å²) in [5.74, 6) is 0.641. The molecule has 0 aliphatic heterocycles. The number of benzene rings is 2. The van der Waals surface area contributed by atoms with Gasteiger partial charge in [-0.25, -0.2) is 0 Å². The molecule has 8 heteroatoms. The Kier molecular flexibility index (Phi) is 5.13. The van der Waals surface area contributed by atoms with E-state index in [1.165, 1.54) is 0 Å². The monoisotopic (exact) mass is 369 g/mol. The number of hydrogen-bond donors (Lipinski definition) is 2. The number of hydrogen-bond acceptors (Lipinski definition) is 5. The number of carbonyl (C=O) groups excluding carboxylic acids is 1. The number of fused-ring (bicyclic) bond motifs is 1. The van der Waals surface area contributed by atoms with E-state index in [0.717, 1.165) is 33.7 Å². The molecule has 1 aromatic heterocycles. The van der Waals surface area contributed by atoms with E-state index in [-0.39, 0.29) is 11.0 Å². The van der Waals surface area contributed by atoms with Crippen LogP contribution in [0.4, 0.5) is 5.69 Å². The van der Waals surface area contributed by atoms with Crippen LogP contribution in [0.2, 0.25) is 0 Å². The predicted octanol–water partition coefficient (Wildman–Crippen LogP) is 2.96. The largest absolute Gasteiger partial charge is 0.497 e. The Labute approximate surface area is 156 Å². The van der Waals surface area contributed by atoms with Gasteiger partial charge in [-0.2, -0.15) is 4.80 Å². The summed E-state index contributed by atoms with van der Waals surface area (Å²) in [4.78, 5) is 13.0. The smallest absolute Gasteiger partial charge is 0.225 e. The van der Waals surface area contributed by atoms with E-state index in [1.54, 1.807) is 18.8 Å². The fraction of sp³-hybridized carbons (Fsp3) is 0.222. The molecule has 26 heavy (non-hydrogen) atoms. The summed E-state index contributed by atoms with van der Waals surface area (Å²) in [5.41, 5.74) is 4.05. The van der Waals surface area contributed by atoms with E-state index in [0.29, 0.717) is 6.42 Å². The van der Waals surface area contributed by atoms with Crippen molar-refractivity contribution in [2.45, 2.75) is 20.3 Å². The van der Waals surface area contributed by atoms with Crippen LogP contribution < -0.4 is 15.4 Å². The third-order valence-electron chi connectivity index (χ3n) is 3.85. The first-order chi connectivity index (χ1) is 12.5. The molecule has 2 aromatic carbocycles. The Morgan fingerprint density at radius 1 is 1.19 bits per heavy atom. The Bertz CT molecular complexity index is 966. The molecular formula is C18H19N5O2S. The molecule has 0 atom stereocenters. The van der Waals surface area contributed by atoms with Gasteiger partial charge in [0.05, 0.1) is 12.8 Å². The maximum atomic E-state index is 11.4. The summed E-state index contributed by atoms with van der Waals surface area (Å²) in [6, 6.07) is 11.3. The Morgan fingerprint density at radius 2 is 1.85 bits per heavy atom. The van der Waals surface area contributed by atoms with Gasteiger partial charge >= 0.3 is 0 Å². The lowest BCUT2D eigenvalue weighted by Crippen LogP contribution is -2.33.